The highest BCUT2D eigenvalue weighted by atomic mass is 28.4. The van der Waals surface area contributed by atoms with E-state index in [0.29, 0.717) is 28.1 Å². The fraction of sp³-hybridized carbons (Fsp3) is 0.500. The summed E-state index contributed by atoms with van der Waals surface area (Å²) in [6, 6.07) is 9.17. The number of methoxy groups -OCH3 is 1. The lowest BCUT2D eigenvalue weighted by atomic mass is 10.1. The SMILES string of the molecule is COc1ccc(-c2cc(O[Si](C(C)C)(C(C)C)C(C)C)n[nH]c2=O)cc1. The second-order valence-corrected chi connectivity index (χ2v) is 13.0. The topological polar surface area (TPSA) is 64.2 Å². The standard InChI is InChI=1S/C20H30N2O3Si/c1-13(2)26(14(3)4,15(5)6)25-19-12-18(20(23)22-21-19)16-8-10-17(24-7)11-9-16/h8-15H,1-7H3,(H,22,23). The van der Waals surface area contributed by atoms with Crippen LogP contribution < -0.4 is 14.7 Å². The number of hydrogen-bond donors (Lipinski definition) is 1. The van der Waals surface area contributed by atoms with Gasteiger partial charge in [0.05, 0.1) is 12.7 Å². The molecule has 0 aliphatic heterocycles. The van der Waals surface area contributed by atoms with Crippen LogP contribution in [0.2, 0.25) is 16.6 Å². The van der Waals surface area contributed by atoms with E-state index in [-0.39, 0.29) is 5.56 Å². The Kier molecular flexibility index (Phi) is 6.29. The molecule has 0 aliphatic rings. The molecule has 26 heavy (non-hydrogen) atoms. The Balaban J connectivity index is 2.46. The third kappa shape index (κ3) is 3.85. The van der Waals surface area contributed by atoms with Crippen molar-refractivity contribution < 1.29 is 9.16 Å². The van der Waals surface area contributed by atoms with Crippen LogP contribution in [0.25, 0.3) is 11.1 Å². The molecule has 0 atom stereocenters. The summed E-state index contributed by atoms with van der Waals surface area (Å²) in [5, 5.41) is 6.78. The molecule has 0 fully saturated rings. The number of benzene rings is 1. The summed E-state index contributed by atoms with van der Waals surface area (Å²) in [5.74, 6) is 1.25. The molecule has 0 bridgehead atoms. The van der Waals surface area contributed by atoms with Gasteiger partial charge in [-0.3, -0.25) is 4.79 Å². The lowest BCUT2D eigenvalue weighted by Gasteiger charge is -2.41. The molecule has 1 heterocycles. The quantitative estimate of drug-likeness (QED) is 0.693. The lowest BCUT2D eigenvalue weighted by Crippen LogP contribution is -2.51. The van der Waals surface area contributed by atoms with Crippen molar-refractivity contribution >= 4 is 8.32 Å². The highest BCUT2D eigenvalue weighted by Crippen LogP contribution is 2.42. The molecule has 0 saturated heterocycles. The summed E-state index contributed by atoms with van der Waals surface area (Å²) >= 11 is 0. The van der Waals surface area contributed by atoms with Gasteiger partial charge in [-0.1, -0.05) is 53.7 Å². The molecule has 0 amide bonds. The molecule has 5 nitrogen and oxygen atoms in total. The van der Waals surface area contributed by atoms with Gasteiger partial charge in [0.1, 0.15) is 5.75 Å². The Labute approximate surface area is 156 Å². The second kappa shape index (κ2) is 8.08. The molecule has 142 valence electrons. The lowest BCUT2D eigenvalue weighted by molar-refractivity contribution is 0.415. The van der Waals surface area contributed by atoms with Crippen molar-refractivity contribution in [1.82, 2.24) is 10.2 Å². The summed E-state index contributed by atoms with van der Waals surface area (Å²) in [6.45, 7) is 13.3. The van der Waals surface area contributed by atoms with E-state index in [1.807, 2.05) is 24.3 Å². The number of nitrogens with one attached hydrogen (secondary N) is 1. The number of hydrogen-bond acceptors (Lipinski definition) is 4. The van der Waals surface area contributed by atoms with Crippen LogP contribution in [0.1, 0.15) is 41.5 Å². The van der Waals surface area contributed by atoms with Gasteiger partial charge >= 0.3 is 0 Å². The van der Waals surface area contributed by atoms with Crippen LogP contribution in [0.5, 0.6) is 11.6 Å². The van der Waals surface area contributed by atoms with Crippen molar-refractivity contribution in [3.63, 3.8) is 0 Å². The fourth-order valence-electron chi connectivity index (χ4n) is 3.96. The summed E-state index contributed by atoms with van der Waals surface area (Å²) in [4.78, 5) is 12.3. The first-order valence-corrected chi connectivity index (χ1v) is 11.3. The molecule has 0 spiro atoms. The van der Waals surface area contributed by atoms with Crippen LogP contribution in [0.15, 0.2) is 35.1 Å². The molecule has 1 aromatic heterocycles. The van der Waals surface area contributed by atoms with Crippen molar-refractivity contribution in [2.45, 2.75) is 58.2 Å². The third-order valence-corrected chi connectivity index (χ3v) is 11.1. The Morgan fingerprint density at radius 3 is 1.96 bits per heavy atom. The molecular formula is C20H30N2O3Si. The molecule has 0 aliphatic carbocycles. The molecular weight excluding hydrogens is 344 g/mol. The molecule has 6 heteroatoms. The minimum atomic E-state index is -2.13. The van der Waals surface area contributed by atoms with Crippen molar-refractivity contribution in [3.05, 3.63) is 40.7 Å². The van der Waals surface area contributed by atoms with Crippen molar-refractivity contribution in [1.29, 1.82) is 0 Å². The van der Waals surface area contributed by atoms with Gasteiger partial charge in [0.25, 0.3) is 13.9 Å². The maximum Gasteiger partial charge on any atom is 0.272 e. The van der Waals surface area contributed by atoms with Gasteiger partial charge in [0, 0.05) is 6.07 Å². The minimum absolute atomic E-state index is 0.228. The van der Waals surface area contributed by atoms with Gasteiger partial charge in [-0.2, -0.15) is 0 Å². The molecule has 2 rings (SSSR count). The first kappa shape index (κ1) is 20.2. The van der Waals surface area contributed by atoms with Gasteiger partial charge in [-0.25, -0.2) is 5.10 Å². The summed E-state index contributed by atoms with van der Waals surface area (Å²) in [7, 11) is -0.510. The van der Waals surface area contributed by atoms with E-state index in [1.54, 1.807) is 13.2 Å². The number of ether oxygens (including phenoxy) is 1. The molecule has 1 aromatic carbocycles. The van der Waals surface area contributed by atoms with Crippen molar-refractivity contribution in [3.8, 4) is 22.8 Å². The predicted octanol–water partition coefficient (Wildman–Crippen LogP) is 5.00. The molecule has 0 unspecified atom stereocenters. The Morgan fingerprint density at radius 1 is 0.962 bits per heavy atom. The van der Waals surface area contributed by atoms with Gasteiger partial charge in [-0.05, 0) is 34.3 Å². The van der Waals surface area contributed by atoms with Crippen LogP contribution >= 0.6 is 0 Å². The number of aromatic amines is 1. The number of H-pyrrole nitrogens is 1. The largest absolute Gasteiger partial charge is 0.529 e. The highest BCUT2D eigenvalue weighted by molar-refractivity contribution is 6.78. The van der Waals surface area contributed by atoms with E-state index in [1.165, 1.54) is 0 Å². The maximum atomic E-state index is 12.3. The summed E-state index contributed by atoms with van der Waals surface area (Å²) < 4.78 is 11.8. The average Bonchev–Trinajstić information content (AvgIpc) is 2.60. The average molecular weight is 375 g/mol. The minimum Gasteiger partial charge on any atom is -0.529 e. The number of rotatable bonds is 7. The van der Waals surface area contributed by atoms with Crippen LogP contribution in [-0.2, 0) is 0 Å². The Hall–Kier alpha value is -2.08. The van der Waals surface area contributed by atoms with Gasteiger partial charge in [0.15, 0.2) is 0 Å². The van der Waals surface area contributed by atoms with Crippen LogP contribution in [0, 0.1) is 0 Å². The summed E-state index contributed by atoms with van der Waals surface area (Å²) in [5.41, 5.74) is 2.43. The van der Waals surface area contributed by atoms with Crippen LogP contribution in [0.3, 0.4) is 0 Å². The van der Waals surface area contributed by atoms with E-state index < -0.39 is 8.32 Å². The first-order chi connectivity index (χ1) is 12.2. The van der Waals surface area contributed by atoms with E-state index in [0.717, 1.165) is 11.3 Å². The van der Waals surface area contributed by atoms with E-state index in [9.17, 15) is 4.79 Å². The van der Waals surface area contributed by atoms with Crippen molar-refractivity contribution in [2.75, 3.05) is 7.11 Å². The summed E-state index contributed by atoms with van der Waals surface area (Å²) in [6.07, 6.45) is 0. The molecule has 0 radical (unpaired) electrons. The third-order valence-electron chi connectivity index (χ3n) is 5.17. The normalized spacial score (nSPS) is 12.1. The number of aromatic nitrogens is 2. The second-order valence-electron chi connectivity index (χ2n) is 7.60. The molecule has 1 N–H and O–H groups in total. The van der Waals surface area contributed by atoms with Gasteiger partial charge in [0.2, 0.25) is 5.88 Å². The zero-order valence-electron chi connectivity index (χ0n) is 16.8. The Morgan fingerprint density at radius 2 is 1.50 bits per heavy atom. The zero-order valence-corrected chi connectivity index (χ0v) is 17.8. The van der Waals surface area contributed by atoms with Gasteiger partial charge in [-0.15, -0.1) is 5.10 Å². The highest BCUT2D eigenvalue weighted by Gasteiger charge is 2.47. The monoisotopic (exact) mass is 374 g/mol. The first-order valence-electron chi connectivity index (χ1n) is 9.15. The Bertz CT molecular complexity index is 761. The smallest absolute Gasteiger partial charge is 0.272 e. The molecule has 2 aromatic rings. The van der Waals surface area contributed by atoms with Crippen LogP contribution in [0.4, 0.5) is 0 Å². The van der Waals surface area contributed by atoms with Crippen molar-refractivity contribution in [2.24, 2.45) is 0 Å². The van der Waals surface area contributed by atoms with E-state index >= 15 is 0 Å². The maximum absolute atomic E-state index is 12.3. The van der Waals surface area contributed by atoms with Crippen LogP contribution in [-0.4, -0.2) is 25.6 Å². The van der Waals surface area contributed by atoms with Gasteiger partial charge < -0.3 is 9.16 Å². The van der Waals surface area contributed by atoms with E-state index in [4.69, 9.17) is 9.16 Å². The zero-order chi connectivity index (χ0) is 19.5. The number of nitrogens with zero attached hydrogens (tertiary/aromatic N) is 1. The predicted molar refractivity (Wildman–Crippen MR) is 109 cm³/mol. The van der Waals surface area contributed by atoms with E-state index in [2.05, 4.69) is 51.7 Å². The molecule has 0 saturated carbocycles. The fourth-order valence-corrected chi connectivity index (χ4v) is 9.13.